The van der Waals surface area contributed by atoms with Crippen molar-refractivity contribution in [2.75, 3.05) is 12.4 Å². The predicted molar refractivity (Wildman–Crippen MR) is 85.9 cm³/mol. The van der Waals surface area contributed by atoms with Crippen LogP contribution < -0.4 is 0 Å². The van der Waals surface area contributed by atoms with Gasteiger partial charge in [-0.15, -0.1) is 11.8 Å². The second-order valence-electron chi connectivity index (χ2n) is 5.75. The lowest BCUT2D eigenvalue weighted by Gasteiger charge is -2.24. The number of hydrogen-bond donors (Lipinski definition) is 0. The number of esters is 2. The highest BCUT2D eigenvalue weighted by Crippen LogP contribution is 2.48. The third-order valence-electron chi connectivity index (χ3n) is 3.84. The number of nitrogens with zero attached hydrogens (tertiary/aromatic N) is 1. The van der Waals surface area contributed by atoms with Crippen LogP contribution in [0.3, 0.4) is 0 Å². The van der Waals surface area contributed by atoms with Crippen LogP contribution in [0.4, 0.5) is 0 Å². The summed E-state index contributed by atoms with van der Waals surface area (Å²) in [5, 5.41) is 0.918. The minimum absolute atomic E-state index is 0.0691. The van der Waals surface area contributed by atoms with Crippen LogP contribution in [-0.4, -0.2) is 41.3 Å². The third kappa shape index (κ3) is 3.16. The summed E-state index contributed by atoms with van der Waals surface area (Å²) >= 11 is 1.58. The lowest BCUT2D eigenvalue weighted by molar-refractivity contribution is -0.143. The molecule has 2 unspecified atom stereocenters. The van der Waals surface area contributed by atoms with Crippen LogP contribution in [0.25, 0.3) is 0 Å². The van der Waals surface area contributed by atoms with Crippen LogP contribution in [0.15, 0.2) is 22.4 Å². The summed E-state index contributed by atoms with van der Waals surface area (Å²) in [6, 6.07) is 0.125. The highest BCUT2D eigenvalue weighted by Gasteiger charge is 2.44. The number of ether oxygens (including phenoxy) is 2. The first-order valence-corrected chi connectivity index (χ1v) is 8.59. The highest BCUT2D eigenvalue weighted by molar-refractivity contribution is 8.03. The van der Waals surface area contributed by atoms with E-state index in [0.717, 1.165) is 16.3 Å². The molecule has 2 aliphatic heterocycles. The lowest BCUT2D eigenvalue weighted by Crippen LogP contribution is -2.28. The molecule has 0 spiro atoms. The minimum Gasteiger partial charge on any atom is -0.463 e. The molecule has 0 aromatic rings. The van der Waals surface area contributed by atoms with Crippen molar-refractivity contribution in [1.82, 2.24) is 4.90 Å². The van der Waals surface area contributed by atoms with Gasteiger partial charge in [0.05, 0.1) is 23.3 Å². The van der Waals surface area contributed by atoms with Gasteiger partial charge in [0, 0.05) is 29.5 Å². The Kier molecular flexibility index (Phi) is 5.21. The molecule has 2 rings (SSSR count). The number of rotatable bonds is 4. The van der Waals surface area contributed by atoms with Gasteiger partial charge >= 0.3 is 11.9 Å². The van der Waals surface area contributed by atoms with E-state index in [2.05, 4.69) is 11.8 Å². The van der Waals surface area contributed by atoms with E-state index in [0.29, 0.717) is 12.4 Å². The summed E-state index contributed by atoms with van der Waals surface area (Å²) in [6.45, 7) is 9.92. The molecule has 2 heterocycles. The topological polar surface area (TPSA) is 55.8 Å². The van der Waals surface area contributed by atoms with Crippen LogP contribution in [-0.2, 0) is 19.1 Å². The summed E-state index contributed by atoms with van der Waals surface area (Å²) in [6.07, 6.45) is 1.39. The molecule has 5 nitrogen and oxygen atoms in total. The molecule has 0 N–H and O–H groups in total. The summed E-state index contributed by atoms with van der Waals surface area (Å²) in [4.78, 5) is 26.1. The molecule has 122 valence electrons. The average Bonchev–Trinajstić information content (AvgIpc) is 2.90. The Morgan fingerprint density at radius 3 is 2.68 bits per heavy atom. The summed E-state index contributed by atoms with van der Waals surface area (Å²) < 4.78 is 10.4. The number of carbonyl (C=O) groups excluding carboxylic acids is 2. The van der Waals surface area contributed by atoms with Crippen molar-refractivity contribution in [3.8, 4) is 0 Å². The van der Waals surface area contributed by atoms with Crippen molar-refractivity contribution in [3.63, 3.8) is 0 Å². The fraction of sp³-hybridized carbons (Fsp3) is 0.625. The van der Waals surface area contributed by atoms with Gasteiger partial charge in [-0.1, -0.05) is 6.92 Å². The molecule has 0 amide bonds. The fourth-order valence-corrected chi connectivity index (χ4v) is 4.06. The summed E-state index contributed by atoms with van der Waals surface area (Å²) in [5.74, 6) is 0.151. The normalized spacial score (nSPS) is 25.9. The van der Waals surface area contributed by atoms with E-state index in [1.165, 1.54) is 6.08 Å². The monoisotopic (exact) mass is 325 g/mol. The number of thioether (sulfide) groups is 1. The highest BCUT2D eigenvalue weighted by atomic mass is 32.2. The first-order valence-electron chi connectivity index (χ1n) is 7.61. The molecule has 1 fully saturated rings. The molecule has 0 aromatic carbocycles. The molecular formula is C16H23NO4S. The van der Waals surface area contributed by atoms with Gasteiger partial charge in [0.1, 0.15) is 0 Å². The molecule has 22 heavy (non-hydrogen) atoms. The van der Waals surface area contributed by atoms with E-state index in [9.17, 15) is 9.59 Å². The van der Waals surface area contributed by atoms with Gasteiger partial charge in [-0.25, -0.2) is 9.59 Å². The van der Waals surface area contributed by atoms with Crippen molar-refractivity contribution < 1.29 is 19.1 Å². The van der Waals surface area contributed by atoms with Gasteiger partial charge in [0.25, 0.3) is 0 Å². The zero-order valence-electron chi connectivity index (χ0n) is 13.7. The Labute approximate surface area is 135 Å². The Morgan fingerprint density at radius 1 is 1.41 bits per heavy atom. The minimum atomic E-state index is -0.336. The predicted octanol–water partition coefficient (Wildman–Crippen LogP) is 2.68. The Hall–Kier alpha value is -1.43. The van der Waals surface area contributed by atoms with E-state index < -0.39 is 0 Å². The second kappa shape index (κ2) is 6.77. The van der Waals surface area contributed by atoms with E-state index >= 15 is 0 Å². The maximum atomic E-state index is 12.4. The fourth-order valence-electron chi connectivity index (χ4n) is 2.71. The largest absolute Gasteiger partial charge is 0.463 e. The van der Waals surface area contributed by atoms with Crippen LogP contribution in [0.1, 0.15) is 34.6 Å². The van der Waals surface area contributed by atoms with Gasteiger partial charge < -0.3 is 14.4 Å². The van der Waals surface area contributed by atoms with E-state index in [1.54, 1.807) is 18.7 Å². The second-order valence-corrected chi connectivity index (χ2v) is 6.71. The summed E-state index contributed by atoms with van der Waals surface area (Å²) in [7, 11) is 0. The van der Waals surface area contributed by atoms with Crippen molar-refractivity contribution in [2.45, 2.75) is 46.8 Å². The maximum absolute atomic E-state index is 12.4. The average molecular weight is 325 g/mol. The molecular weight excluding hydrogens is 302 g/mol. The first-order chi connectivity index (χ1) is 10.4. The van der Waals surface area contributed by atoms with Crippen LogP contribution >= 0.6 is 11.8 Å². The van der Waals surface area contributed by atoms with Crippen molar-refractivity contribution in [1.29, 1.82) is 0 Å². The van der Waals surface area contributed by atoms with Crippen LogP contribution in [0.2, 0.25) is 0 Å². The number of fused-ring (bicyclic) bond motifs is 1. The maximum Gasteiger partial charge on any atom is 0.337 e. The van der Waals surface area contributed by atoms with Gasteiger partial charge in [-0.2, -0.15) is 0 Å². The summed E-state index contributed by atoms with van der Waals surface area (Å²) in [5.41, 5.74) is 1.61. The molecule has 0 aromatic heterocycles. The molecule has 2 aliphatic rings. The van der Waals surface area contributed by atoms with Crippen LogP contribution in [0.5, 0.6) is 0 Å². The molecule has 6 heteroatoms. The van der Waals surface area contributed by atoms with E-state index in [-0.39, 0.29) is 30.0 Å². The van der Waals surface area contributed by atoms with Crippen LogP contribution in [0, 0.1) is 5.92 Å². The van der Waals surface area contributed by atoms with Gasteiger partial charge in [0.15, 0.2) is 0 Å². The van der Waals surface area contributed by atoms with Crippen molar-refractivity contribution >= 4 is 23.7 Å². The molecule has 0 saturated carbocycles. The van der Waals surface area contributed by atoms with Gasteiger partial charge in [-0.05, 0) is 27.7 Å². The Morgan fingerprint density at radius 2 is 2.09 bits per heavy atom. The molecule has 0 bridgehead atoms. The van der Waals surface area contributed by atoms with E-state index in [1.807, 2.05) is 20.8 Å². The van der Waals surface area contributed by atoms with Gasteiger partial charge in [0.2, 0.25) is 0 Å². The zero-order chi connectivity index (χ0) is 16.4. The van der Waals surface area contributed by atoms with Gasteiger partial charge in [-0.3, -0.25) is 0 Å². The SMILES string of the molecule is CCOC(=O)C=C1CSC2=C(C(=O)OC(C)C)C(C)C(C)N12. The number of carbonyl (C=O) groups is 2. The Bertz CT molecular complexity index is 538. The van der Waals surface area contributed by atoms with Crippen molar-refractivity contribution in [3.05, 3.63) is 22.4 Å². The first kappa shape index (κ1) is 16.9. The third-order valence-corrected chi connectivity index (χ3v) is 4.97. The van der Waals surface area contributed by atoms with E-state index in [4.69, 9.17) is 9.47 Å². The molecule has 0 radical (unpaired) electrons. The smallest absolute Gasteiger partial charge is 0.337 e. The molecule has 1 saturated heterocycles. The van der Waals surface area contributed by atoms with Crippen molar-refractivity contribution in [2.24, 2.45) is 5.92 Å². The number of hydrogen-bond acceptors (Lipinski definition) is 6. The molecule has 2 atom stereocenters. The zero-order valence-corrected chi connectivity index (χ0v) is 14.5. The molecule has 0 aliphatic carbocycles. The quantitative estimate of drug-likeness (QED) is 0.585. The Balaban J connectivity index is 2.29. The standard InChI is InChI=1S/C16H23NO4S/c1-6-20-13(18)7-12-8-22-15-14(16(19)21-9(2)3)10(4)11(5)17(12)15/h7,9-11H,6,8H2,1-5H3. The lowest BCUT2D eigenvalue weighted by atomic mass is 9.98.